The number of anilines is 2. The normalized spacial score (nSPS) is 10.6. The summed E-state index contributed by atoms with van der Waals surface area (Å²) in [7, 11) is -2.61. The molecule has 15 nitrogen and oxygen atoms in total. The van der Waals surface area contributed by atoms with Crippen LogP contribution in [-0.2, 0) is 13.6 Å². The van der Waals surface area contributed by atoms with Gasteiger partial charge in [-0.05, 0) is 62.4 Å². The Kier molecular flexibility index (Phi) is 13.1. The van der Waals surface area contributed by atoms with E-state index >= 15 is 0 Å². The van der Waals surface area contributed by atoms with Gasteiger partial charge in [-0.3, -0.25) is 29.8 Å². The topological polar surface area (TPSA) is 198 Å². The van der Waals surface area contributed by atoms with Crippen molar-refractivity contribution in [3.63, 3.8) is 0 Å². The Hall–Kier alpha value is -5.18. The van der Waals surface area contributed by atoms with Crippen LogP contribution in [0.25, 0.3) is 0 Å². The molecule has 0 heterocycles. The second kappa shape index (κ2) is 17.5. The molecule has 0 atom stereocenters. The van der Waals surface area contributed by atoms with Crippen molar-refractivity contribution in [3.05, 3.63) is 114 Å². The number of carbonyl (C=O) groups excluding carboxylic acids is 2. The molecule has 0 bridgehead atoms. The van der Waals surface area contributed by atoms with Crippen molar-refractivity contribution in [1.82, 2.24) is 0 Å². The van der Waals surface area contributed by atoms with Gasteiger partial charge in [0.25, 0.3) is 11.4 Å². The molecule has 0 radical (unpaired) electrons. The van der Waals surface area contributed by atoms with Crippen LogP contribution in [0.3, 0.4) is 0 Å². The minimum Gasteiger partial charge on any atom is -0.456 e. The Morgan fingerprint density at radius 3 is 1.42 bits per heavy atom. The van der Waals surface area contributed by atoms with Crippen LogP contribution in [0, 0.1) is 20.2 Å². The number of hydrogen-bond acceptors (Lipinski definition) is 13. The average molecular weight is 746 g/mol. The summed E-state index contributed by atoms with van der Waals surface area (Å²) in [4.78, 5) is 45.1. The summed E-state index contributed by atoms with van der Waals surface area (Å²) in [5, 5.41) is 29.1. The Labute approximate surface area is 295 Å². The third-order valence-electron chi connectivity index (χ3n) is 6.69. The molecule has 260 valence electrons. The summed E-state index contributed by atoms with van der Waals surface area (Å²) in [6, 6.07) is 17.0. The van der Waals surface area contributed by atoms with Crippen LogP contribution < -0.4 is 20.1 Å². The van der Waals surface area contributed by atoms with Gasteiger partial charge in [0.1, 0.15) is 47.6 Å². The second-order valence-corrected chi connectivity index (χ2v) is 12.0. The lowest BCUT2D eigenvalue weighted by atomic mass is 10.1. The second-order valence-electron chi connectivity index (χ2n) is 10.2. The zero-order valence-electron chi connectivity index (χ0n) is 26.3. The number of hydrogen-bond donors (Lipinski definition) is 2. The molecule has 4 aromatic carbocycles. The summed E-state index contributed by atoms with van der Waals surface area (Å²) < 4.78 is 34.1. The first-order valence-corrected chi connectivity index (χ1v) is 16.4. The van der Waals surface area contributed by atoms with Gasteiger partial charge in [-0.2, -0.15) is 0 Å². The zero-order valence-corrected chi connectivity index (χ0v) is 28.8. The molecule has 0 fully saturated rings. The fourth-order valence-corrected chi connectivity index (χ4v) is 5.26. The number of nitro groups is 2. The molecular weight excluding hydrogens is 718 g/mol. The van der Waals surface area contributed by atoms with Gasteiger partial charge in [0.15, 0.2) is 11.6 Å². The molecule has 18 heteroatoms. The lowest BCUT2D eigenvalue weighted by molar-refractivity contribution is -0.384. The van der Waals surface area contributed by atoms with Crippen molar-refractivity contribution in [3.8, 4) is 23.0 Å². The van der Waals surface area contributed by atoms with E-state index in [0.717, 1.165) is 0 Å². The van der Waals surface area contributed by atoms with Crippen molar-refractivity contribution in [2.24, 2.45) is 0 Å². The third-order valence-corrected chi connectivity index (χ3v) is 8.07. The number of nitrogens with one attached hydrogen (secondary N) is 2. The minimum absolute atomic E-state index is 0.00151. The summed E-state index contributed by atoms with van der Waals surface area (Å²) in [5.74, 6) is 0.577. The van der Waals surface area contributed by atoms with E-state index in [1.165, 1.54) is 74.5 Å². The van der Waals surface area contributed by atoms with E-state index in [0.29, 0.717) is 11.1 Å². The number of rotatable bonds is 18. The first-order valence-electron chi connectivity index (χ1n) is 14.6. The van der Waals surface area contributed by atoms with E-state index in [-0.39, 0.29) is 93.7 Å². The Morgan fingerprint density at radius 2 is 1.08 bits per heavy atom. The van der Waals surface area contributed by atoms with Crippen LogP contribution in [0.5, 0.6) is 23.0 Å². The fourth-order valence-electron chi connectivity index (χ4n) is 4.27. The molecule has 0 spiro atoms. The molecule has 0 saturated carbocycles. The van der Waals surface area contributed by atoms with Gasteiger partial charge >= 0.3 is 8.25 Å². The smallest absolute Gasteiger partial charge is 0.456 e. The number of carbonyl (C=O) groups is 2. The average Bonchev–Trinajstić information content (AvgIpc) is 3.06. The van der Waals surface area contributed by atoms with Crippen molar-refractivity contribution in [1.29, 1.82) is 0 Å². The predicted molar refractivity (Wildman–Crippen MR) is 186 cm³/mol. The third kappa shape index (κ3) is 10.4. The van der Waals surface area contributed by atoms with Crippen molar-refractivity contribution < 1.29 is 42.5 Å². The van der Waals surface area contributed by atoms with E-state index < -0.39 is 18.1 Å². The lowest BCUT2D eigenvalue weighted by Crippen LogP contribution is -2.11. The quantitative estimate of drug-likeness (QED) is 0.0322. The molecule has 0 saturated heterocycles. The first-order chi connectivity index (χ1) is 23.8. The van der Waals surface area contributed by atoms with E-state index in [1.807, 2.05) is 0 Å². The van der Waals surface area contributed by atoms with Gasteiger partial charge in [0.2, 0.25) is 0 Å². The van der Waals surface area contributed by atoms with Crippen molar-refractivity contribution in [2.75, 3.05) is 36.9 Å². The Balaban J connectivity index is 1.27. The van der Waals surface area contributed by atoms with Crippen LogP contribution in [-0.4, -0.2) is 47.7 Å². The first kappa shape index (κ1) is 37.6. The molecule has 0 aromatic heterocycles. The maximum Gasteiger partial charge on any atom is 0.697 e. The summed E-state index contributed by atoms with van der Waals surface area (Å²) >= 11 is 12.4. The van der Waals surface area contributed by atoms with Crippen molar-refractivity contribution >= 4 is 65.8 Å². The lowest BCUT2D eigenvalue weighted by Gasteiger charge is -2.11. The van der Waals surface area contributed by atoms with Crippen LogP contribution in [0.1, 0.15) is 34.6 Å². The summed E-state index contributed by atoms with van der Waals surface area (Å²) in [6.45, 7) is 2.48. The maximum atomic E-state index is 12.3. The Morgan fingerprint density at radius 1 is 0.680 bits per heavy atom. The summed E-state index contributed by atoms with van der Waals surface area (Å²) in [5.41, 5.74) is 0.480. The highest BCUT2D eigenvalue weighted by molar-refractivity contribution is 7.33. The van der Waals surface area contributed by atoms with E-state index in [9.17, 15) is 34.4 Å². The highest BCUT2D eigenvalue weighted by atomic mass is 35.5. The molecule has 4 aromatic rings. The number of Topliss-reactive ketones (excluding diaryl/α,β-unsaturated/α-hetero) is 2. The van der Waals surface area contributed by atoms with Crippen LogP contribution >= 0.6 is 31.5 Å². The Bertz CT molecular complexity index is 1820. The molecule has 0 aliphatic heterocycles. The number of ether oxygens (including phenoxy) is 2. The molecule has 2 N–H and O–H groups in total. The van der Waals surface area contributed by atoms with E-state index in [4.69, 9.17) is 41.7 Å². The van der Waals surface area contributed by atoms with Gasteiger partial charge in [-0.25, -0.2) is 0 Å². The number of nitro benzene ring substituents is 2. The molecule has 4 rings (SSSR count). The minimum atomic E-state index is -2.61. The number of ketones is 2. The number of nitrogens with zero attached hydrogens (tertiary/aromatic N) is 2. The number of benzene rings is 4. The molecule has 0 aliphatic carbocycles. The van der Waals surface area contributed by atoms with Gasteiger partial charge in [-0.1, -0.05) is 23.2 Å². The molecule has 0 unspecified atom stereocenters. The number of halogens is 2. The predicted octanol–water partition coefficient (Wildman–Crippen LogP) is 9.01. The molecule has 50 heavy (non-hydrogen) atoms. The monoisotopic (exact) mass is 745 g/mol. The van der Waals surface area contributed by atoms with Gasteiger partial charge in [0, 0.05) is 53.0 Å². The maximum absolute atomic E-state index is 12.3. The largest absolute Gasteiger partial charge is 0.697 e. The zero-order chi connectivity index (χ0) is 36.4. The standard InChI is InChI=1S/C32H28Cl2N4O11P/c1-19(39)21-3-9-31(25(33)15-21)48-23-5-7-29(37(41)42)27(17-23)35-11-13-46-50(45)47-14-12-36-28-18-24(6-8-30(28)38(43)44)49-32-10-4-22(20(2)40)16-26(32)34/h3-10,15-18,35-36H,11-14H2,1-2H3/q+1. The van der Waals surface area contributed by atoms with Crippen LogP contribution in [0.4, 0.5) is 22.7 Å². The van der Waals surface area contributed by atoms with Gasteiger partial charge in [0.05, 0.1) is 19.9 Å². The van der Waals surface area contributed by atoms with E-state index in [1.54, 1.807) is 12.1 Å². The molecule has 0 aliphatic rings. The van der Waals surface area contributed by atoms with Gasteiger partial charge < -0.3 is 20.1 Å². The highest BCUT2D eigenvalue weighted by Gasteiger charge is 2.22. The van der Waals surface area contributed by atoms with Gasteiger partial charge in [-0.15, -0.1) is 9.05 Å². The fraction of sp³-hybridized carbons (Fsp3) is 0.188. The van der Waals surface area contributed by atoms with Crippen LogP contribution in [0.2, 0.25) is 10.0 Å². The molecule has 0 amide bonds. The van der Waals surface area contributed by atoms with E-state index in [2.05, 4.69) is 10.6 Å². The highest BCUT2D eigenvalue weighted by Crippen LogP contribution is 2.36. The SMILES string of the molecule is CC(=O)c1ccc(Oc2ccc([N+](=O)[O-])c(NCCO[P+](=O)OCCNc3cc(Oc4ccc(C(C)=O)cc4Cl)ccc3[N+](=O)[O-])c2)c(Cl)c1. The van der Waals surface area contributed by atoms with Crippen LogP contribution in [0.15, 0.2) is 72.8 Å². The summed E-state index contributed by atoms with van der Waals surface area (Å²) in [6.07, 6.45) is 0. The molecular formula is C32H28Cl2N4O11P+. The van der Waals surface area contributed by atoms with Crippen molar-refractivity contribution in [2.45, 2.75) is 13.8 Å².